The highest BCUT2D eigenvalue weighted by atomic mass is 79.9. The van der Waals surface area contributed by atoms with Crippen LogP contribution >= 0.6 is 27.5 Å². The van der Waals surface area contributed by atoms with E-state index in [2.05, 4.69) is 27.3 Å². The molecular weight excluding hydrogens is 534 g/mol. The molecule has 0 saturated carbocycles. The quantitative estimate of drug-likeness (QED) is 0.473. The van der Waals surface area contributed by atoms with Gasteiger partial charge in [-0.1, -0.05) is 11.6 Å². The molecule has 3 heterocycles. The third-order valence-electron chi connectivity index (χ3n) is 6.37. The van der Waals surface area contributed by atoms with E-state index in [0.29, 0.717) is 52.1 Å². The van der Waals surface area contributed by atoms with Crippen molar-refractivity contribution >= 4 is 39.4 Å². The Morgan fingerprint density at radius 3 is 2.66 bits per heavy atom. The van der Waals surface area contributed by atoms with Gasteiger partial charge >= 0.3 is 6.09 Å². The lowest BCUT2D eigenvalue weighted by Crippen LogP contribution is -2.43. The second kappa shape index (κ2) is 10.3. The molecule has 1 amide bonds. The summed E-state index contributed by atoms with van der Waals surface area (Å²) in [6.07, 6.45) is 2.37. The molecule has 35 heavy (non-hydrogen) atoms. The number of nitrogens with one attached hydrogen (secondary N) is 1. The molecular formula is C25H31BrClN5O3. The van der Waals surface area contributed by atoms with Gasteiger partial charge in [-0.15, -0.1) is 0 Å². The summed E-state index contributed by atoms with van der Waals surface area (Å²) in [5.74, 6) is 1.70. The molecule has 2 aliphatic heterocycles. The minimum absolute atomic E-state index is 0.144. The molecule has 1 N–H and O–H groups in total. The van der Waals surface area contributed by atoms with Crippen molar-refractivity contribution in [3.05, 3.63) is 27.2 Å². The van der Waals surface area contributed by atoms with Crippen molar-refractivity contribution in [2.75, 3.05) is 31.6 Å². The first-order chi connectivity index (χ1) is 16.6. The summed E-state index contributed by atoms with van der Waals surface area (Å²) < 4.78 is 13.9. The van der Waals surface area contributed by atoms with E-state index in [0.717, 1.165) is 37.2 Å². The number of benzene rings is 1. The third kappa shape index (κ3) is 5.39. The Kier molecular flexibility index (Phi) is 7.53. The Morgan fingerprint density at radius 2 is 2.03 bits per heavy atom. The lowest BCUT2D eigenvalue weighted by atomic mass is 9.87. The molecule has 1 aromatic carbocycles. The van der Waals surface area contributed by atoms with E-state index in [4.69, 9.17) is 26.2 Å². The lowest BCUT2D eigenvalue weighted by molar-refractivity contribution is 0.0157. The number of anilines is 1. The zero-order valence-electron chi connectivity index (χ0n) is 20.5. The van der Waals surface area contributed by atoms with Crippen molar-refractivity contribution in [2.45, 2.75) is 58.6 Å². The molecule has 8 nitrogen and oxygen atoms in total. The SMILES string of the molecule is CCOc1cc(-c2nn3c(c2C#N)NCCC3C2CCN(C(=O)OC(C)(C)C)CC2)cc(Cl)c1Br. The minimum Gasteiger partial charge on any atom is -0.493 e. The maximum absolute atomic E-state index is 12.5. The van der Waals surface area contributed by atoms with Crippen LogP contribution in [0, 0.1) is 17.2 Å². The first-order valence-corrected chi connectivity index (χ1v) is 13.2. The molecule has 2 aromatic rings. The van der Waals surface area contributed by atoms with E-state index >= 15 is 0 Å². The highest BCUT2D eigenvalue weighted by Gasteiger charge is 2.36. The molecule has 188 valence electrons. The van der Waals surface area contributed by atoms with Gasteiger partial charge in [0.25, 0.3) is 0 Å². The normalized spacial score (nSPS) is 18.4. The fourth-order valence-electron chi connectivity index (χ4n) is 4.80. The number of piperidine rings is 1. The van der Waals surface area contributed by atoms with E-state index in [1.165, 1.54) is 0 Å². The molecule has 0 aliphatic carbocycles. The number of ether oxygens (including phenoxy) is 2. The van der Waals surface area contributed by atoms with Crippen LogP contribution in [0.25, 0.3) is 11.3 Å². The molecule has 0 radical (unpaired) electrons. The van der Waals surface area contributed by atoms with Gasteiger partial charge in [0.1, 0.15) is 34.5 Å². The molecule has 10 heteroatoms. The second-order valence-electron chi connectivity index (χ2n) is 9.92. The van der Waals surface area contributed by atoms with Gasteiger partial charge in [-0.05, 0) is 80.9 Å². The van der Waals surface area contributed by atoms with Crippen molar-refractivity contribution in [2.24, 2.45) is 5.92 Å². The van der Waals surface area contributed by atoms with Crippen LogP contribution in [0.5, 0.6) is 5.75 Å². The zero-order valence-corrected chi connectivity index (χ0v) is 22.9. The number of fused-ring (bicyclic) bond motifs is 1. The lowest BCUT2D eigenvalue weighted by Gasteiger charge is -2.38. The fourth-order valence-corrected chi connectivity index (χ4v) is 5.36. The van der Waals surface area contributed by atoms with E-state index in [1.807, 2.05) is 38.4 Å². The summed E-state index contributed by atoms with van der Waals surface area (Å²) >= 11 is 9.93. The number of nitrogens with zero attached hydrogens (tertiary/aromatic N) is 4. The summed E-state index contributed by atoms with van der Waals surface area (Å²) in [7, 11) is 0. The van der Waals surface area contributed by atoms with Crippen LogP contribution in [0.4, 0.5) is 10.6 Å². The molecule has 1 fully saturated rings. The summed E-state index contributed by atoms with van der Waals surface area (Å²) in [6, 6.07) is 6.16. The minimum atomic E-state index is -0.505. The third-order valence-corrected chi connectivity index (χ3v) is 7.72. The van der Waals surface area contributed by atoms with Crippen molar-refractivity contribution in [1.29, 1.82) is 5.26 Å². The maximum atomic E-state index is 12.5. The monoisotopic (exact) mass is 563 g/mol. The number of nitriles is 1. The van der Waals surface area contributed by atoms with Crippen LogP contribution in [-0.4, -0.2) is 52.6 Å². The fraction of sp³-hybridized carbons (Fsp3) is 0.560. The van der Waals surface area contributed by atoms with Crippen molar-refractivity contribution in [1.82, 2.24) is 14.7 Å². The molecule has 4 rings (SSSR count). The van der Waals surface area contributed by atoms with Crippen molar-refractivity contribution < 1.29 is 14.3 Å². The van der Waals surface area contributed by atoms with Crippen molar-refractivity contribution in [3.63, 3.8) is 0 Å². The first kappa shape index (κ1) is 25.6. The van der Waals surface area contributed by atoms with E-state index < -0.39 is 5.60 Å². The molecule has 1 aromatic heterocycles. The number of hydrogen-bond donors (Lipinski definition) is 1. The largest absolute Gasteiger partial charge is 0.493 e. The number of aromatic nitrogens is 2. The highest BCUT2D eigenvalue weighted by Crippen LogP contribution is 2.42. The Hall–Kier alpha value is -2.44. The van der Waals surface area contributed by atoms with E-state index in [1.54, 1.807) is 11.0 Å². The van der Waals surface area contributed by atoms with Gasteiger partial charge in [-0.2, -0.15) is 10.4 Å². The topological polar surface area (TPSA) is 92.4 Å². The smallest absolute Gasteiger partial charge is 0.410 e. The predicted molar refractivity (Wildman–Crippen MR) is 139 cm³/mol. The van der Waals surface area contributed by atoms with Gasteiger partial charge in [0.05, 0.1) is 22.1 Å². The standard InChI is InChI=1S/C25H31BrClN5O3/c1-5-34-20-13-16(12-18(27)21(20)26)22-17(14-28)23-29-9-6-19(32(23)30-22)15-7-10-31(11-8-15)24(33)35-25(2,3)4/h12-13,15,19,29H,5-11H2,1-4H3. The van der Waals surface area contributed by atoms with Crippen LogP contribution in [-0.2, 0) is 4.74 Å². The average Bonchev–Trinajstić information content (AvgIpc) is 3.20. The van der Waals surface area contributed by atoms with E-state index in [-0.39, 0.29) is 12.1 Å². The highest BCUT2D eigenvalue weighted by molar-refractivity contribution is 9.10. The Morgan fingerprint density at radius 1 is 1.31 bits per heavy atom. The summed E-state index contributed by atoms with van der Waals surface area (Å²) in [5.41, 5.74) is 1.32. The molecule has 2 aliphatic rings. The summed E-state index contributed by atoms with van der Waals surface area (Å²) in [6.45, 7) is 10.1. The molecule has 1 atom stereocenters. The molecule has 1 saturated heterocycles. The Labute approximate surface area is 219 Å². The summed E-state index contributed by atoms with van der Waals surface area (Å²) in [4.78, 5) is 14.3. The predicted octanol–water partition coefficient (Wildman–Crippen LogP) is 6.24. The molecule has 1 unspecified atom stereocenters. The number of hydrogen-bond acceptors (Lipinski definition) is 6. The van der Waals surface area contributed by atoms with Crippen LogP contribution in [0.2, 0.25) is 5.02 Å². The van der Waals surface area contributed by atoms with Gasteiger partial charge in [-0.25, -0.2) is 9.48 Å². The first-order valence-electron chi connectivity index (χ1n) is 12.0. The zero-order chi connectivity index (χ0) is 25.3. The Bertz CT molecular complexity index is 1150. The number of amides is 1. The number of carbonyl (C=O) groups excluding carboxylic acids is 1. The van der Waals surface area contributed by atoms with Gasteiger partial charge < -0.3 is 19.7 Å². The van der Waals surface area contributed by atoms with Gasteiger partial charge in [0.2, 0.25) is 0 Å². The number of likely N-dealkylation sites (tertiary alicyclic amines) is 1. The second-order valence-corrected chi connectivity index (χ2v) is 11.1. The molecule has 0 spiro atoms. The van der Waals surface area contributed by atoms with Gasteiger partial charge in [-0.3, -0.25) is 0 Å². The van der Waals surface area contributed by atoms with Gasteiger partial charge in [0, 0.05) is 25.2 Å². The number of halogens is 2. The molecule has 0 bridgehead atoms. The summed E-state index contributed by atoms with van der Waals surface area (Å²) in [5, 5.41) is 18.8. The number of rotatable bonds is 4. The van der Waals surface area contributed by atoms with Crippen LogP contribution in [0.1, 0.15) is 58.6 Å². The average molecular weight is 565 g/mol. The van der Waals surface area contributed by atoms with Gasteiger partial charge in [0.15, 0.2) is 0 Å². The van der Waals surface area contributed by atoms with E-state index in [9.17, 15) is 10.1 Å². The maximum Gasteiger partial charge on any atom is 0.410 e. The van der Waals surface area contributed by atoms with Crippen LogP contribution in [0.15, 0.2) is 16.6 Å². The number of carbonyl (C=O) groups is 1. The van der Waals surface area contributed by atoms with Crippen molar-refractivity contribution in [3.8, 4) is 23.1 Å². The Balaban J connectivity index is 1.60. The van der Waals surface area contributed by atoms with Crippen LogP contribution in [0.3, 0.4) is 0 Å². The van der Waals surface area contributed by atoms with Crippen LogP contribution < -0.4 is 10.1 Å².